The molecule has 1 atom stereocenters. The zero-order valence-corrected chi connectivity index (χ0v) is 13.8. The van der Waals surface area contributed by atoms with Crippen molar-refractivity contribution in [3.63, 3.8) is 0 Å². The minimum atomic E-state index is -1.05. The zero-order chi connectivity index (χ0) is 17.2. The van der Waals surface area contributed by atoms with E-state index in [1.54, 1.807) is 49.7 Å². The van der Waals surface area contributed by atoms with Crippen LogP contribution in [0, 0.1) is 0 Å². The van der Waals surface area contributed by atoms with Gasteiger partial charge in [0.2, 0.25) is 0 Å². The van der Waals surface area contributed by atoms with E-state index in [4.69, 9.17) is 21.4 Å². The normalized spacial score (nSPS) is 12.9. The van der Waals surface area contributed by atoms with Gasteiger partial charge >= 0.3 is 12.1 Å². The summed E-state index contributed by atoms with van der Waals surface area (Å²) in [5, 5.41) is 12.1. The summed E-state index contributed by atoms with van der Waals surface area (Å²) in [7, 11) is 0. The number of carbonyl (C=O) groups excluding carboxylic acids is 1. The first-order chi connectivity index (χ1) is 10.6. The fourth-order valence-corrected chi connectivity index (χ4v) is 2.17. The van der Waals surface area contributed by atoms with Crippen LogP contribution in [0.5, 0.6) is 0 Å². The summed E-state index contributed by atoms with van der Waals surface area (Å²) in [6.07, 6.45) is 2.28. The number of carboxylic acids is 1. The number of hydrogen-bond donors (Lipinski definition) is 2. The Hall–Kier alpha value is -2.28. The average molecular weight is 340 g/mol. The summed E-state index contributed by atoms with van der Waals surface area (Å²) in [5.74, 6) is -1.05. The number of ether oxygens (including phenoxy) is 1. The molecular formula is C15H18ClN3O4. The number of pyridine rings is 1. The maximum Gasteiger partial charge on any atom is 0.408 e. The quantitative estimate of drug-likeness (QED) is 0.893. The Balaban J connectivity index is 2.25. The Morgan fingerprint density at radius 3 is 2.70 bits per heavy atom. The molecule has 2 rings (SSSR count). The standard InChI is InChI=1S/C15H18ClN3O4/c1-15(2,3)23-14(22)18-10(6-13(20)21)11-8-19-7-9(16)4-5-12(19)17-11/h4-5,7-8,10H,6H2,1-3H3,(H,18,22)(H,20,21)/t10-/m0/s1. The van der Waals surface area contributed by atoms with E-state index in [1.807, 2.05) is 0 Å². The maximum atomic E-state index is 11.9. The van der Waals surface area contributed by atoms with Crippen molar-refractivity contribution >= 4 is 29.3 Å². The van der Waals surface area contributed by atoms with Crippen molar-refractivity contribution in [1.29, 1.82) is 0 Å². The first-order valence-electron chi connectivity index (χ1n) is 6.99. The van der Waals surface area contributed by atoms with Crippen LogP contribution in [0.2, 0.25) is 5.02 Å². The molecule has 2 aromatic rings. The van der Waals surface area contributed by atoms with Crippen LogP contribution in [-0.2, 0) is 9.53 Å². The van der Waals surface area contributed by atoms with Crippen molar-refractivity contribution in [2.45, 2.75) is 38.8 Å². The van der Waals surface area contributed by atoms with E-state index in [-0.39, 0.29) is 6.42 Å². The third-order valence-corrected chi connectivity index (χ3v) is 3.08. The molecule has 0 radical (unpaired) electrons. The molecule has 0 aliphatic rings. The van der Waals surface area contributed by atoms with E-state index in [1.165, 1.54) is 0 Å². The van der Waals surface area contributed by atoms with E-state index in [9.17, 15) is 9.59 Å². The molecule has 2 heterocycles. The van der Waals surface area contributed by atoms with Crippen molar-refractivity contribution in [2.75, 3.05) is 0 Å². The number of alkyl carbamates (subject to hydrolysis) is 1. The second kappa shape index (κ2) is 6.45. The maximum absolute atomic E-state index is 11.9. The lowest BCUT2D eigenvalue weighted by molar-refractivity contribution is -0.137. The van der Waals surface area contributed by atoms with Gasteiger partial charge in [0.05, 0.1) is 23.2 Å². The van der Waals surface area contributed by atoms with Gasteiger partial charge in [0.1, 0.15) is 11.2 Å². The van der Waals surface area contributed by atoms with Gasteiger partial charge in [-0.15, -0.1) is 0 Å². The molecule has 7 nitrogen and oxygen atoms in total. The third kappa shape index (κ3) is 4.85. The highest BCUT2D eigenvalue weighted by Gasteiger charge is 2.24. The first kappa shape index (κ1) is 17.1. The van der Waals surface area contributed by atoms with E-state index in [0.29, 0.717) is 16.4 Å². The molecule has 1 amide bonds. The van der Waals surface area contributed by atoms with Crippen molar-refractivity contribution in [3.8, 4) is 0 Å². The summed E-state index contributed by atoms with van der Waals surface area (Å²) < 4.78 is 6.84. The molecule has 0 unspecified atom stereocenters. The molecule has 0 aliphatic carbocycles. The van der Waals surface area contributed by atoms with Gasteiger partial charge in [-0.25, -0.2) is 9.78 Å². The lowest BCUT2D eigenvalue weighted by Crippen LogP contribution is -2.36. The lowest BCUT2D eigenvalue weighted by atomic mass is 10.1. The zero-order valence-electron chi connectivity index (χ0n) is 13.0. The van der Waals surface area contributed by atoms with Crippen LogP contribution >= 0.6 is 11.6 Å². The van der Waals surface area contributed by atoms with Crippen molar-refractivity contribution in [3.05, 3.63) is 35.2 Å². The summed E-state index contributed by atoms with van der Waals surface area (Å²) in [6.45, 7) is 5.18. The van der Waals surface area contributed by atoms with Crippen LogP contribution in [0.3, 0.4) is 0 Å². The van der Waals surface area contributed by atoms with Crippen LogP contribution in [-0.4, -0.2) is 32.2 Å². The molecule has 8 heteroatoms. The van der Waals surface area contributed by atoms with Crippen molar-refractivity contribution in [2.24, 2.45) is 0 Å². The highest BCUT2D eigenvalue weighted by atomic mass is 35.5. The predicted octanol–water partition coefficient (Wildman–Crippen LogP) is 3.03. The Morgan fingerprint density at radius 1 is 1.39 bits per heavy atom. The predicted molar refractivity (Wildman–Crippen MR) is 84.6 cm³/mol. The summed E-state index contributed by atoms with van der Waals surface area (Å²) in [6, 6.07) is 2.58. The van der Waals surface area contributed by atoms with E-state index < -0.39 is 23.7 Å². The molecule has 0 aromatic carbocycles. The number of carboxylic acid groups (broad SMARTS) is 1. The number of nitrogens with one attached hydrogen (secondary N) is 1. The molecule has 0 saturated heterocycles. The number of aliphatic carboxylic acids is 1. The Kier molecular flexibility index (Phi) is 4.79. The van der Waals surface area contributed by atoms with Gasteiger partial charge < -0.3 is 19.6 Å². The fraction of sp³-hybridized carbons (Fsp3) is 0.400. The van der Waals surface area contributed by atoms with E-state index in [2.05, 4.69) is 10.3 Å². The van der Waals surface area contributed by atoms with Crippen molar-refractivity contribution in [1.82, 2.24) is 14.7 Å². The van der Waals surface area contributed by atoms with Gasteiger partial charge in [0, 0.05) is 12.4 Å². The number of halogens is 1. The lowest BCUT2D eigenvalue weighted by Gasteiger charge is -2.22. The van der Waals surface area contributed by atoms with Gasteiger partial charge in [-0.05, 0) is 32.9 Å². The molecule has 124 valence electrons. The molecule has 23 heavy (non-hydrogen) atoms. The second-order valence-electron chi connectivity index (χ2n) is 6.08. The molecular weight excluding hydrogens is 322 g/mol. The molecule has 0 saturated carbocycles. The highest BCUT2D eigenvalue weighted by molar-refractivity contribution is 6.30. The van der Waals surface area contributed by atoms with E-state index in [0.717, 1.165) is 0 Å². The van der Waals surface area contributed by atoms with Crippen LogP contribution in [0.15, 0.2) is 24.5 Å². The smallest absolute Gasteiger partial charge is 0.408 e. The Labute approximate surface area is 138 Å². The highest BCUT2D eigenvalue weighted by Crippen LogP contribution is 2.20. The number of aromatic nitrogens is 2. The number of rotatable bonds is 4. The Bertz CT molecular complexity index is 736. The number of fused-ring (bicyclic) bond motifs is 1. The number of nitrogens with zero attached hydrogens (tertiary/aromatic N) is 2. The van der Waals surface area contributed by atoms with Crippen LogP contribution in [0.4, 0.5) is 4.79 Å². The van der Waals surface area contributed by atoms with Gasteiger partial charge in [0.15, 0.2) is 0 Å². The number of hydrogen-bond acceptors (Lipinski definition) is 4. The number of amides is 1. The SMILES string of the molecule is CC(C)(C)OC(=O)N[C@@H](CC(=O)O)c1cn2cc(Cl)ccc2n1. The first-order valence-corrected chi connectivity index (χ1v) is 7.37. The fourth-order valence-electron chi connectivity index (χ4n) is 2.01. The molecule has 0 spiro atoms. The summed E-state index contributed by atoms with van der Waals surface area (Å²) in [4.78, 5) is 27.3. The molecule has 0 fully saturated rings. The second-order valence-corrected chi connectivity index (χ2v) is 6.51. The van der Waals surface area contributed by atoms with Crippen LogP contribution < -0.4 is 5.32 Å². The van der Waals surface area contributed by atoms with Crippen LogP contribution in [0.1, 0.15) is 38.9 Å². The van der Waals surface area contributed by atoms with Crippen molar-refractivity contribution < 1.29 is 19.4 Å². The summed E-state index contributed by atoms with van der Waals surface area (Å²) in [5.41, 5.74) is 0.343. The minimum absolute atomic E-state index is 0.309. The largest absolute Gasteiger partial charge is 0.481 e. The molecule has 2 aromatic heterocycles. The number of imidazole rings is 1. The van der Waals surface area contributed by atoms with E-state index >= 15 is 0 Å². The monoisotopic (exact) mass is 339 g/mol. The average Bonchev–Trinajstić information content (AvgIpc) is 2.77. The molecule has 2 N–H and O–H groups in total. The van der Waals surface area contributed by atoms with Gasteiger partial charge in [-0.2, -0.15) is 0 Å². The number of carbonyl (C=O) groups is 2. The summed E-state index contributed by atoms with van der Waals surface area (Å²) >= 11 is 5.92. The molecule has 0 aliphatic heterocycles. The van der Waals surface area contributed by atoms with Gasteiger partial charge in [0.25, 0.3) is 0 Å². The third-order valence-electron chi connectivity index (χ3n) is 2.86. The molecule has 0 bridgehead atoms. The Morgan fingerprint density at radius 2 is 2.09 bits per heavy atom. The van der Waals surface area contributed by atoms with Gasteiger partial charge in [-0.1, -0.05) is 11.6 Å². The topological polar surface area (TPSA) is 92.9 Å². The van der Waals surface area contributed by atoms with Gasteiger partial charge in [-0.3, -0.25) is 4.79 Å². The van der Waals surface area contributed by atoms with Crippen LogP contribution in [0.25, 0.3) is 5.65 Å². The minimum Gasteiger partial charge on any atom is -0.481 e.